The van der Waals surface area contributed by atoms with E-state index in [1.165, 1.54) is 11.1 Å². The average molecular weight is 418 g/mol. The number of nitrogens with one attached hydrogen (secondary N) is 2. The highest BCUT2D eigenvalue weighted by Crippen LogP contribution is 2.27. The van der Waals surface area contributed by atoms with Crippen molar-refractivity contribution in [3.63, 3.8) is 0 Å². The van der Waals surface area contributed by atoms with Crippen molar-refractivity contribution >= 4 is 17.5 Å². The molecule has 2 heterocycles. The molecular weight excluding hydrogens is 386 g/mol. The first kappa shape index (κ1) is 21.3. The molecule has 0 radical (unpaired) electrons. The second-order valence-corrected chi connectivity index (χ2v) is 8.37. The minimum absolute atomic E-state index is 0.0281. The molecule has 2 aromatic carbocycles. The van der Waals surface area contributed by atoms with Gasteiger partial charge < -0.3 is 15.5 Å². The van der Waals surface area contributed by atoms with Crippen molar-refractivity contribution in [3.05, 3.63) is 77.9 Å². The Morgan fingerprint density at radius 1 is 1.10 bits per heavy atom. The summed E-state index contributed by atoms with van der Waals surface area (Å²) in [5.74, 6) is 0.00100. The van der Waals surface area contributed by atoms with Crippen LogP contribution in [0.15, 0.2) is 66.7 Å². The van der Waals surface area contributed by atoms with Crippen molar-refractivity contribution in [1.82, 2.24) is 10.6 Å². The number of aryl methyl sites for hydroxylation is 1. The van der Waals surface area contributed by atoms with Crippen LogP contribution in [-0.4, -0.2) is 37.0 Å². The molecule has 4 rings (SSSR count). The lowest BCUT2D eigenvalue weighted by Gasteiger charge is -2.25. The number of fused-ring (bicyclic) bond motifs is 1. The molecule has 1 fully saturated rings. The maximum atomic E-state index is 12.9. The standard InChI is InChI=1S/C26H31N3O2/c30-25(29-19-17-21-10-4-5-12-24(21)29)16-15-22(14-13-20-8-2-1-3-9-20)28-26(31)23-11-6-7-18-27-23/h1-5,8-10,12,15-16,22-23,27H,6-7,11,13-14,17-19H2,(H,28,31)/b16-15+/t22-,23-/m0/s1. The van der Waals surface area contributed by atoms with E-state index >= 15 is 0 Å². The van der Waals surface area contributed by atoms with E-state index in [1.807, 2.05) is 47.4 Å². The van der Waals surface area contributed by atoms with Crippen molar-refractivity contribution in [2.45, 2.75) is 50.6 Å². The fourth-order valence-electron chi connectivity index (χ4n) is 4.40. The van der Waals surface area contributed by atoms with Gasteiger partial charge in [0.15, 0.2) is 0 Å². The quantitative estimate of drug-likeness (QED) is 0.679. The van der Waals surface area contributed by atoms with Gasteiger partial charge in [-0.15, -0.1) is 0 Å². The molecule has 1 saturated heterocycles. The Morgan fingerprint density at radius 3 is 2.71 bits per heavy atom. The van der Waals surface area contributed by atoms with Crippen LogP contribution in [-0.2, 0) is 22.4 Å². The van der Waals surface area contributed by atoms with E-state index in [-0.39, 0.29) is 23.9 Å². The van der Waals surface area contributed by atoms with Gasteiger partial charge in [-0.3, -0.25) is 9.59 Å². The molecule has 0 unspecified atom stereocenters. The summed E-state index contributed by atoms with van der Waals surface area (Å²) in [6.07, 6.45) is 9.04. The summed E-state index contributed by atoms with van der Waals surface area (Å²) >= 11 is 0. The second-order valence-electron chi connectivity index (χ2n) is 8.37. The lowest BCUT2D eigenvalue weighted by Crippen LogP contribution is -2.49. The number of hydrogen-bond acceptors (Lipinski definition) is 3. The number of carbonyl (C=O) groups excluding carboxylic acids is 2. The number of benzene rings is 2. The van der Waals surface area contributed by atoms with E-state index in [0.717, 1.165) is 50.8 Å². The highest BCUT2D eigenvalue weighted by atomic mass is 16.2. The molecule has 2 N–H and O–H groups in total. The SMILES string of the molecule is O=C(N[C@H](/C=C/C(=O)N1CCc2ccccc21)CCc1ccccc1)[C@@H]1CCCCN1. The molecular formula is C26H31N3O2. The zero-order valence-electron chi connectivity index (χ0n) is 17.9. The van der Waals surface area contributed by atoms with Crippen molar-refractivity contribution in [1.29, 1.82) is 0 Å². The smallest absolute Gasteiger partial charge is 0.250 e. The zero-order valence-corrected chi connectivity index (χ0v) is 17.9. The highest BCUT2D eigenvalue weighted by Gasteiger charge is 2.24. The largest absolute Gasteiger partial charge is 0.349 e. The maximum absolute atomic E-state index is 12.9. The Bertz CT molecular complexity index is 919. The Labute approximate surface area is 184 Å². The molecule has 0 aromatic heterocycles. The maximum Gasteiger partial charge on any atom is 0.250 e. The van der Waals surface area contributed by atoms with Crippen molar-refractivity contribution < 1.29 is 9.59 Å². The fourth-order valence-corrected chi connectivity index (χ4v) is 4.40. The molecule has 2 aliphatic heterocycles. The number of nitrogens with zero attached hydrogens (tertiary/aromatic N) is 1. The van der Waals surface area contributed by atoms with E-state index in [9.17, 15) is 9.59 Å². The Morgan fingerprint density at radius 2 is 1.90 bits per heavy atom. The molecule has 5 heteroatoms. The van der Waals surface area contributed by atoms with Gasteiger partial charge >= 0.3 is 0 Å². The molecule has 0 saturated carbocycles. The number of anilines is 1. The Kier molecular flexibility index (Phi) is 7.15. The van der Waals surface area contributed by atoms with Gasteiger partial charge in [0.25, 0.3) is 5.91 Å². The molecule has 0 spiro atoms. The van der Waals surface area contributed by atoms with Crippen LogP contribution in [0.1, 0.15) is 36.8 Å². The number of carbonyl (C=O) groups is 2. The van der Waals surface area contributed by atoms with Crippen LogP contribution < -0.4 is 15.5 Å². The molecule has 2 atom stereocenters. The van der Waals surface area contributed by atoms with Crippen molar-refractivity contribution in [2.24, 2.45) is 0 Å². The normalized spacial score (nSPS) is 19.2. The first-order chi connectivity index (χ1) is 15.2. The summed E-state index contributed by atoms with van der Waals surface area (Å²) in [6, 6.07) is 18.0. The molecule has 31 heavy (non-hydrogen) atoms. The third kappa shape index (κ3) is 5.61. The van der Waals surface area contributed by atoms with Gasteiger partial charge in [0, 0.05) is 24.4 Å². The van der Waals surface area contributed by atoms with Crippen molar-refractivity contribution in [3.8, 4) is 0 Å². The van der Waals surface area contributed by atoms with Gasteiger partial charge in [-0.25, -0.2) is 0 Å². The van der Waals surface area contributed by atoms with E-state index in [2.05, 4.69) is 28.8 Å². The molecule has 0 bridgehead atoms. The molecule has 2 amide bonds. The average Bonchev–Trinajstić information content (AvgIpc) is 3.26. The summed E-state index contributed by atoms with van der Waals surface area (Å²) in [5.41, 5.74) is 3.43. The lowest BCUT2D eigenvalue weighted by molar-refractivity contribution is -0.124. The van der Waals surface area contributed by atoms with E-state index < -0.39 is 0 Å². The first-order valence-electron chi connectivity index (χ1n) is 11.4. The van der Waals surface area contributed by atoms with Gasteiger partial charge in [0.2, 0.25) is 5.91 Å². The van der Waals surface area contributed by atoms with E-state index in [0.29, 0.717) is 6.54 Å². The Balaban J connectivity index is 1.42. The molecule has 162 valence electrons. The van der Waals surface area contributed by atoms with Crippen LogP contribution in [0, 0.1) is 0 Å². The van der Waals surface area contributed by atoms with Crippen LogP contribution in [0.4, 0.5) is 5.69 Å². The topological polar surface area (TPSA) is 61.4 Å². The van der Waals surface area contributed by atoms with Crippen LogP contribution in [0.25, 0.3) is 0 Å². The third-order valence-corrected chi connectivity index (χ3v) is 6.17. The zero-order chi connectivity index (χ0) is 21.5. The van der Waals surface area contributed by atoms with Crippen LogP contribution in [0.2, 0.25) is 0 Å². The monoisotopic (exact) mass is 417 g/mol. The number of hydrogen-bond donors (Lipinski definition) is 2. The van der Waals surface area contributed by atoms with Gasteiger partial charge in [-0.2, -0.15) is 0 Å². The first-order valence-corrected chi connectivity index (χ1v) is 11.4. The van der Waals surface area contributed by atoms with Gasteiger partial charge in [0.1, 0.15) is 0 Å². The molecule has 5 nitrogen and oxygen atoms in total. The van der Waals surface area contributed by atoms with Crippen LogP contribution in [0.5, 0.6) is 0 Å². The fraction of sp³-hybridized carbons (Fsp3) is 0.385. The second kappa shape index (κ2) is 10.4. The summed E-state index contributed by atoms with van der Waals surface area (Å²) in [5, 5.41) is 6.47. The van der Waals surface area contributed by atoms with Crippen molar-refractivity contribution in [2.75, 3.05) is 18.0 Å². The molecule has 2 aliphatic rings. The summed E-state index contributed by atoms with van der Waals surface area (Å²) in [4.78, 5) is 27.5. The van der Waals surface area contributed by atoms with Gasteiger partial charge in [-0.1, -0.05) is 61.0 Å². The van der Waals surface area contributed by atoms with Crippen LogP contribution in [0.3, 0.4) is 0 Å². The van der Waals surface area contributed by atoms with Gasteiger partial charge in [0.05, 0.1) is 6.04 Å². The minimum Gasteiger partial charge on any atom is -0.349 e. The van der Waals surface area contributed by atoms with E-state index in [4.69, 9.17) is 0 Å². The minimum atomic E-state index is -0.182. The number of amides is 2. The summed E-state index contributed by atoms with van der Waals surface area (Å²) in [7, 11) is 0. The molecule has 0 aliphatic carbocycles. The predicted octanol–water partition coefficient (Wildman–Crippen LogP) is 3.39. The molecule has 2 aromatic rings. The summed E-state index contributed by atoms with van der Waals surface area (Å²) < 4.78 is 0. The van der Waals surface area contributed by atoms with E-state index in [1.54, 1.807) is 6.08 Å². The number of piperidine rings is 1. The number of para-hydroxylation sites is 1. The van der Waals surface area contributed by atoms with Crippen LogP contribution >= 0.6 is 0 Å². The third-order valence-electron chi connectivity index (χ3n) is 6.17. The van der Waals surface area contributed by atoms with Gasteiger partial charge in [-0.05, 0) is 55.8 Å². The lowest BCUT2D eigenvalue weighted by atomic mass is 10.0. The summed E-state index contributed by atoms with van der Waals surface area (Å²) in [6.45, 7) is 1.59. The number of rotatable bonds is 7. The predicted molar refractivity (Wildman–Crippen MR) is 124 cm³/mol. The Hall–Kier alpha value is -2.92. The highest BCUT2D eigenvalue weighted by molar-refractivity contribution is 6.03.